The van der Waals surface area contributed by atoms with Gasteiger partial charge in [-0.15, -0.1) is 11.3 Å². The first kappa shape index (κ1) is 15.4. The maximum absolute atomic E-state index is 12.3. The molecule has 0 unspecified atom stereocenters. The summed E-state index contributed by atoms with van der Waals surface area (Å²) in [6.45, 7) is 2.56. The number of hydrogen-bond acceptors (Lipinski definition) is 3. The Kier molecular flexibility index (Phi) is 4.53. The molecule has 0 saturated heterocycles. The van der Waals surface area contributed by atoms with E-state index in [9.17, 15) is 4.79 Å². The number of nitrogens with zero attached hydrogens (tertiary/aromatic N) is 2. The second kappa shape index (κ2) is 6.75. The number of aryl methyl sites for hydroxylation is 1. The van der Waals surface area contributed by atoms with Gasteiger partial charge in [-0.2, -0.15) is 0 Å². The van der Waals surface area contributed by atoms with Crippen molar-refractivity contribution in [3.63, 3.8) is 0 Å². The number of carbonyl (C=O) groups excluding carboxylic acids is 1. The molecule has 4 heteroatoms. The Labute approximate surface area is 139 Å². The van der Waals surface area contributed by atoms with Crippen LogP contribution in [-0.4, -0.2) is 22.8 Å². The van der Waals surface area contributed by atoms with E-state index >= 15 is 0 Å². The first-order chi connectivity index (χ1) is 11.1. The highest BCUT2D eigenvalue weighted by Crippen LogP contribution is 2.22. The second-order valence-electron chi connectivity index (χ2n) is 5.46. The highest BCUT2D eigenvalue weighted by Gasteiger charge is 2.09. The zero-order valence-electron chi connectivity index (χ0n) is 13.2. The van der Waals surface area contributed by atoms with E-state index < -0.39 is 0 Å². The fourth-order valence-corrected chi connectivity index (χ4v) is 3.35. The highest BCUT2D eigenvalue weighted by molar-refractivity contribution is 7.18. The Morgan fingerprint density at radius 3 is 2.70 bits per heavy atom. The summed E-state index contributed by atoms with van der Waals surface area (Å²) in [6.07, 6.45) is 3.49. The molecule has 0 atom stereocenters. The molecule has 0 aliphatic carbocycles. The molecule has 116 valence electrons. The lowest BCUT2D eigenvalue weighted by Crippen LogP contribution is -2.23. The molecule has 1 amide bonds. The fourth-order valence-electron chi connectivity index (χ4n) is 2.33. The van der Waals surface area contributed by atoms with Gasteiger partial charge in [0.2, 0.25) is 5.91 Å². The van der Waals surface area contributed by atoms with Crippen molar-refractivity contribution < 1.29 is 4.79 Å². The molecular weight excluding hydrogens is 304 g/mol. The van der Waals surface area contributed by atoms with E-state index in [0.29, 0.717) is 6.54 Å². The zero-order chi connectivity index (χ0) is 16.2. The first-order valence-electron chi connectivity index (χ1n) is 7.47. The molecule has 3 rings (SSSR count). The monoisotopic (exact) mass is 322 g/mol. The number of fused-ring (bicyclic) bond motifs is 1. The van der Waals surface area contributed by atoms with Crippen molar-refractivity contribution in [2.75, 3.05) is 7.05 Å². The van der Waals surface area contributed by atoms with Crippen molar-refractivity contribution in [1.82, 2.24) is 9.88 Å². The summed E-state index contributed by atoms with van der Waals surface area (Å²) >= 11 is 1.63. The van der Waals surface area contributed by atoms with E-state index in [1.165, 1.54) is 0 Å². The molecule has 0 fully saturated rings. The summed E-state index contributed by atoms with van der Waals surface area (Å²) < 4.78 is 1.15. The van der Waals surface area contributed by atoms with Crippen LogP contribution < -0.4 is 0 Å². The summed E-state index contributed by atoms with van der Waals surface area (Å²) in [7, 11) is 1.80. The van der Waals surface area contributed by atoms with Crippen LogP contribution in [0.5, 0.6) is 0 Å². The Morgan fingerprint density at radius 1 is 1.17 bits per heavy atom. The quantitative estimate of drug-likeness (QED) is 0.672. The second-order valence-corrected chi connectivity index (χ2v) is 6.57. The predicted molar refractivity (Wildman–Crippen MR) is 96.3 cm³/mol. The van der Waals surface area contributed by atoms with Crippen molar-refractivity contribution in [1.29, 1.82) is 0 Å². The minimum absolute atomic E-state index is 0.0208. The average Bonchev–Trinajstić information content (AvgIpc) is 2.96. The average molecular weight is 322 g/mol. The van der Waals surface area contributed by atoms with Crippen LogP contribution in [0.4, 0.5) is 0 Å². The number of carbonyl (C=O) groups is 1. The largest absolute Gasteiger partial charge is 0.335 e. The normalized spacial score (nSPS) is 11.2. The number of likely N-dealkylation sites (N-methyl/N-ethyl adjacent to an activating group) is 1. The van der Waals surface area contributed by atoms with Gasteiger partial charge in [0.15, 0.2) is 0 Å². The molecule has 0 bridgehead atoms. The van der Waals surface area contributed by atoms with E-state index in [1.807, 2.05) is 55.5 Å². The van der Waals surface area contributed by atoms with Crippen LogP contribution >= 0.6 is 11.3 Å². The number of amides is 1. The van der Waals surface area contributed by atoms with Crippen LogP contribution in [0.1, 0.15) is 16.1 Å². The van der Waals surface area contributed by atoms with Crippen LogP contribution in [0.3, 0.4) is 0 Å². The SMILES string of the molecule is Cc1ccccc1/C=C/C(=O)N(C)Cc1nc2ccccc2s1. The number of benzene rings is 2. The van der Waals surface area contributed by atoms with E-state index in [2.05, 4.69) is 11.1 Å². The molecular formula is C19H18N2OS. The Morgan fingerprint density at radius 2 is 1.91 bits per heavy atom. The van der Waals surface area contributed by atoms with Gasteiger partial charge < -0.3 is 4.90 Å². The van der Waals surface area contributed by atoms with Gasteiger partial charge >= 0.3 is 0 Å². The first-order valence-corrected chi connectivity index (χ1v) is 8.28. The fraction of sp³-hybridized carbons (Fsp3) is 0.158. The minimum atomic E-state index is -0.0208. The van der Waals surface area contributed by atoms with Crippen LogP contribution in [0.2, 0.25) is 0 Å². The van der Waals surface area contributed by atoms with Gasteiger partial charge in [0, 0.05) is 13.1 Å². The summed E-state index contributed by atoms with van der Waals surface area (Å²) in [5.41, 5.74) is 3.21. The molecule has 0 aliphatic rings. The Balaban J connectivity index is 1.69. The summed E-state index contributed by atoms with van der Waals surface area (Å²) in [5, 5.41) is 0.950. The third kappa shape index (κ3) is 3.66. The third-order valence-electron chi connectivity index (χ3n) is 3.68. The third-order valence-corrected chi connectivity index (χ3v) is 4.70. The Hall–Kier alpha value is -2.46. The lowest BCUT2D eigenvalue weighted by Gasteiger charge is -2.12. The van der Waals surface area contributed by atoms with E-state index in [-0.39, 0.29) is 5.91 Å². The number of hydrogen-bond donors (Lipinski definition) is 0. The van der Waals surface area contributed by atoms with E-state index in [4.69, 9.17) is 0 Å². The van der Waals surface area contributed by atoms with Crippen molar-refractivity contribution in [3.8, 4) is 0 Å². The summed E-state index contributed by atoms with van der Waals surface area (Å²) in [5.74, 6) is -0.0208. The van der Waals surface area contributed by atoms with Crippen molar-refractivity contribution in [2.45, 2.75) is 13.5 Å². The molecule has 3 nitrogen and oxygen atoms in total. The molecule has 0 saturated carbocycles. The van der Waals surface area contributed by atoms with Crippen LogP contribution in [-0.2, 0) is 11.3 Å². The molecule has 23 heavy (non-hydrogen) atoms. The van der Waals surface area contributed by atoms with Gasteiger partial charge in [0.1, 0.15) is 5.01 Å². The number of rotatable bonds is 4. The minimum Gasteiger partial charge on any atom is -0.335 e. The van der Waals surface area contributed by atoms with E-state index in [0.717, 1.165) is 26.4 Å². The molecule has 3 aromatic rings. The predicted octanol–water partition coefficient (Wildman–Crippen LogP) is 4.28. The number of aromatic nitrogens is 1. The lowest BCUT2D eigenvalue weighted by molar-refractivity contribution is -0.125. The van der Waals surface area contributed by atoms with Gasteiger partial charge in [0.25, 0.3) is 0 Å². The highest BCUT2D eigenvalue weighted by atomic mass is 32.1. The van der Waals surface area contributed by atoms with Crippen LogP contribution in [0, 0.1) is 6.92 Å². The molecule has 0 N–H and O–H groups in total. The summed E-state index contributed by atoms with van der Waals surface area (Å²) in [4.78, 5) is 18.5. The van der Waals surface area contributed by atoms with Gasteiger partial charge in [-0.1, -0.05) is 36.4 Å². The molecule has 0 spiro atoms. The molecule has 0 radical (unpaired) electrons. The van der Waals surface area contributed by atoms with Gasteiger partial charge in [-0.05, 0) is 36.3 Å². The maximum Gasteiger partial charge on any atom is 0.246 e. The topological polar surface area (TPSA) is 33.2 Å². The molecule has 1 aromatic heterocycles. The Bertz CT molecular complexity index is 833. The van der Waals surface area contributed by atoms with Crippen molar-refractivity contribution in [3.05, 3.63) is 70.7 Å². The zero-order valence-corrected chi connectivity index (χ0v) is 14.0. The lowest BCUT2D eigenvalue weighted by atomic mass is 10.1. The van der Waals surface area contributed by atoms with Gasteiger partial charge in [-0.25, -0.2) is 4.98 Å². The maximum atomic E-state index is 12.3. The standard InChI is InChI=1S/C19H18N2OS/c1-14-7-3-4-8-15(14)11-12-19(22)21(2)13-18-20-16-9-5-6-10-17(16)23-18/h3-12H,13H2,1-2H3/b12-11+. The van der Waals surface area contributed by atoms with E-state index in [1.54, 1.807) is 29.4 Å². The van der Waals surface area contributed by atoms with Crippen molar-refractivity contribution >= 4 is 33.5 Å². The van der Waals surface area contributed by atoms with Crippen LogP contribution in [0.25, 0.3) is 16.3 Å². The molecule has 1 heterocycles. The number of thiazole rings is 1. The summed E-state index contributed by atoms with van der Waals surface area (Å²) in [6, 6.07) is 16.0. The van der Waals surface area contributed by atoms with Gasteiger partial charge in [0.05, 0.1) is 16.8 Å². The number of para-hydroxylation sites is 1. The van der Waals surface area contributed by atoms with Gasteiger partial charge in [-0.3, -0.25) is 4.79 Å². The van der Waals surface area contributed by atoms with Crippen molar-refractivity contribution in [2.24, 2.45) is 0 Å². The molecule has 0 aliphatic heterocycles. The van der Waals surface area contributed by atoms with Crippen LogP contribution in [0.15, 0.2) is 54.6 Å². The molecule has 2 aromatic carbocycles. The smallest absolute Gasteiger partial charge is 0.246 e.